The minimum atomic E-state index is -0.171. The third kappa shape index (κ3) is 2.84. The molecule has 0 spiro atoms. The van der Waals surface area contributed by atoms with Crippen LogP contribution in [0.25, 0.3) is 0 Å². The summed E-state index contributed by atoms with van der Waals surface area (Å²) in [6.07, 6.45) is 7.75. The highest BCUT2D eigenvalue weighted by molar-refractivity contribution is 5.90. The molecule has 0 amide bonds. The molecule has 2 bridgehead atoms. The first-order chi connectivity index (χ1) is 8.82. The fourth-order valence-corrected chi connectivity index (χ4v) is 3.77. The normalized spacial score (nSPS) is 35.4. The van der Waals surface area contributed by atoms with Gasteiger partial charge in [0.2, 0.25) is 0 Å². The third-order valence-corrected chi connectivity index (χ3v) is 5.14. The van der Waals surface area contributed by atoms with E-state index in [1.807, 2.05) is 13.0 Å². The Bertz CT molecular complexity index is 429. The van der Waals surface area contributed by atoms with Crippen molar-refractivity contribution in [3.8, 4) is 0 Å². The Labute approximate surface area is 116 Å². The van der Waals surface area contributed by atoms with Gasteiger partial charge in [-0.1, -0.05) is 31.1 Å². The van der Waals surface area contributed by atoms with Crippen molar-refractivity contribution in [1.29, 1.82) is 0 Å². The van der Waals surface area contributed by atoms with Crippen LogP contribution in [0.15, 0.2) is 23.3 Å². The van der Waals surface area contributed by atoms with Crippen molar-refractivity contribution in [3.63, 3.8) is 0 Å². The van der Waals surface area contributed by atoms with Crippen molar-refractivity contribution in [2.45, 2.75) is 59.5 Å². The van der Waals surface area contributed by atoms with E-state index in [2.05, 4.69) is 20.8 Å². The summed E-state index contributed by atoms with van der Waals surface area (Å²) < 4.78 is 0. The van der Waals surface area contributed by atoms with Crippen molar-refractivity contribution in [3.05, 3.63) is 23.3 Å². The third-order valence-electron chi connectivity index (χ3n) is 5.14. The summed E-state index contributed by atoms with van der Waals surface area (Å²) >= 11 is 0. The number of carbonyl (C=O) groups is 1. The summed E-state index contributed by atoms with van der Waals surface area (Å²) in [4.78, 5) is 10.6. The van der Waals surface area contributed by atoms with Crippen molar-refractivity contribution in [2.75, 3.05) is 0 Å². The summed E-state index contributed by atoms with van der Waals surface area (Å²) in [7, 11) is 0. The summed E-state index contributed by atoms with van der Waals surface area (Å²) in [5.41, 5.74) is 2.99. The average Bonchev–Trinajstić information content (AvgIpc) is 2.27. The molecule has 19 heavy (non-hydrogen) atoms. The van der Waals surface area contributed by atoms with Gasteiger partial charge in [0.15, 0.2) is 5.78 Å². The van der Waals surface area contributed by atoms with Gasteiger partial charge in [0.05, 0.1) is 6.10 Å². The second-order valence-corrected chi connectivity index (χ2v) is 6.93. The smallest absolute Gasteiger partial charge is 0.155 e. The van der Waals surface area contributed by atoms with Crippen molar-refractivity contribution in [1.82, 2.24) is 0 Å². The molecule has 4 aliphatic carbocycles. The maximum absolute atomic E-state index is 10.6. The van der Waals surface area contributed by atoms with Gasteiger partial charge in [0.1, 0.15) is 0 Å². The van der Waals surface area contributed by atoms with Crippen LogP contribution >= 0.6 is 0 Å². The van der Waals surface area contributed by atoms with E-state index in [1.54, 1.807) is 6.08 Å². The van der Waals surface area contributed by atoms with Crippen LogP contribution in [0.2, 0.25) is 0 Å². The van der Waals surface area contributed by atoms with E-state index in [9.17, 15) is 9.90 Å². The molecule has 1 N–H and O–H groups in total. The lowest BCUT2D eigenvalue weighted by molar-refractivity contribution is -0.115. The molecule has 0 aromatic heterocycles. The molecule has 4 aliphatic rings. The fraction of sp³-hybridized carbons (Fsp3) is 0.706. The standard InChI is InChI=1S/C10H16O.C7H10O/c1-6-4-9(11)8-5-7(6)10(8,2)3;1-6-3-2-4-7(8)5-6/h4,7-9,11H,5H2,1-3H3;5H,2-4H2,1H3/t7-,8+,9+;/m1./s1. The minimum Gasteiger partial charge on any atom is -0.389 e. The zero-order valence-electron chi connectivity index (χ0n) is 12.6. The molecule has 0 heterocycles. The fourth-order valence-electron chi connectivity index (χ4n) is 3.77. The molecule has 1 saturated carbocycles. The molecule has 0 radical (unpaired) electrons. The second-order valence-electron chi connectivity index (χ2n) is 6.93. The minimum absolute atomic E-state index is 0.171. The lowest BCUT2D eigenvalue weighted by atomic mass is 9.48. The van der Waals surface area contributed by atoms with E-state index in [-0.39, 0.29) is 6.10 Å². The van der Waals surface area contributed by atoms with E-state index in [4.69, 9.17) is 0 Å². The number of ketones is 1. The molecule has 0 unspecified atom stereocenters. The van der Waals surface area contributed by atoms with Gasteiger partial charge in [-0.15, -0.1) is 0 Å². The largest absolute Gasteiger partial charge is 0.389 e. The van der Waals surface area contributed by atoms with Crippen molar-refractivity contribution >= 4 is 5.78 Å². The van der Waals surface area contributed by atoms with Crippen LogP contribution < -0.4 is 0 Å². The molecule has 4 rings (SSSR count). The zero-order valence-corrected chi connectivity index (χ0v) is 12.6. The molecule has 0 aliphatic heterocycles. The first-order valence-electron chi connectivity index (χ1n) is 7.38. The van der Waals surface area contributed by atoms with Crippen LogP contribution in [-0.2, 0) is 4.79 Å². The van der Waals surface area contributed by atoms with E-state index in [0.717, 1.165) is 25.2 Å². The Morgan fingerprint density at radius 3 is 2.32 bits per heavy atom. The van der Waals surface area contributed by atoms with Crippen LogP contribution in [0.4, 0.5) is 0 Å². The van der Waals surface area contributed by atoms with Gasteiger partial charge in [0.25, 0.3) is 0 Å². The van der Waals surface area contributed by atoms with Gasteiger partial charge in [-0.2, -0.15) is 0 Å². The molecule has 0 aromatic carbocycles. The van der Waals surface area contributed by atoms with Gasteiger partial charge in [0, 0.05) is 6.42 Å². The number of hydrogen-bond acceptors (Lipinski definition) is 2. The Morgan fingerprint density at radius 2 is 1.95 bits per heavy atom. The van der Waals surface area contributed by atoms with Gasteiger partial charge < -0.3 is 5.11 Å². The highest BCUT2D eigenvalue weighted by Crippen LogP contribution is 2.58. The van der Waals surface area contributed by atoms with Crippen molar-refractivity contribution < 1.29 is 9.90 Å². The molecule has 2 nitrogen and oxygen atoms in total. The first kappa shape index (κ1) is 14.5. The number of carbonyl (C=O) groups excluding carboxylic acids is 1. The average molecular weight is 262 g/mol. The first-order valence-corrected chi connectivity index (χ1v) is 7.38. The quantitative estimate of drug-likeness (QED) is 0.676. The lowest BCUT2D eigenvalue weighted by Crippen LogP contribution is -2.53. The Morgan fingerprint density at radius 1 is 1.26 bits per heavy atom. The Balaban J connectivity index is 0.000000148. The molecular formula is C17H26O2. The monoisotopic (exact) mass is 262 g/mol. The zero-order chi connectivity index (χ0) is 14.2. The predicted octanol–water partition coefficient (Wildman–Crippen LogP) is 3.66. The van der Waals surface area contributed by atoms with Crippen LogP contribution in [0.5, 0.6) is 0 Å². The number of fused-ring (bicyclic) bond motifs is 1. The predicted molar refractivity (Wildman–Crippen MR) is 77.8 cm³/mol. The highest BCUT2D eigenvalue weighted by atomic mass is 16.3. The van der Waals surface area contributed by atoms with E-state index >= 15 is 0 Å². The molecule has 0 saturated heterocycles. The Kier molecular flexibility index (Phi) is 4.00. The number of hydrogen-bond donors (Lipinski definition) is 1. The van der Waals surface area contributed by atoms with Gasteiger partial charge in [-0.05, 0) is 56.4 Å². The molecule has 2 heteroatoms. The van der Waals surface area contributed by atoms with Crippen LogP contribution in [0.3, 0.4) is 0 Å². The van der Waals surface area contributed by atoms with Gasteiger partial charge in [-0.25, -0.2) is 0 Å². The molecule has 1 fully saturated rings. The molecule has 3 atom stereocenters. The summed E-state index contributed by atoms with van der Waals surface area (Å²) in [5, 5.41) is 9.65. The van der Waals surface area contributed by atoms with Gasteiger partial charge in [-0.3, -0.25) is 4.79 Å². The van der Waals surface area contributed by atoms with Crippen molar-refractivity contribution in [2.24, 2.45) is 17.3 Å². The van der Waals surface area contributed by atoms with E-state index in [0.29, 0.717) is 17.1 Å². The highest BCUT2D eigenvalue weighted by Gasteiger charge is 2.53. The number of allylic oxidation sites excluding steroid dienone is 3. The summed E-state index contributed by atoms with van der Waals surface area (Å²) in [5.74, 6) is 1.57. The van der Waals surface area contributed by atoms with Crippen LogP contribution in [0, 0.1) is 17.3 Å². The lowest BCUT2D eigenvalue weighted by Gasteiger charge is -2.57. The maximum Gasteiger partial charge on any atom is 0.155 e. The van der Waals surface area contributed by atoms with Crippen LogP contribution in [0.1, 0.15) is 53.4 Å². The van der Waals surface area contributed by atoms with Gasteiger partial charge >= 0.3 is 0 Å². The maximum atomic E-state index is 10.6. The molecule has 106 valence electrons. The number of aliphatic hydroxyl groups is 1. The summed E-state index contributed by atoms with van der Waals surface area (Å²) in [6.45, 7) is 8.69. The number of rotatable bonds is 0. The molecule has 0 aromatic rings. The van der Waals surface area contributed by atoms with E-state index in [1.165, 1.54) is 17.6 Å². The second kappa shape index (κ2) is 5.24. The van der Waals surface area contributed by atoms with E-state index < -0.39 is 0 Å². The molecular weight excluding hydrogens is 236 g/mol. The SMILES string of the molecule is CC1=CC(=O)CCC1.CC1=C[C@H](O)[C@@H]2C[C@H]1C2(C)C. The van der Waals surface area contributed by atoms with Crippen LogP contribution in [-0.4, -0.2) is 17.0 Å². The Hall–Kier alpha value is -0.890. The topological polar surface area (TPSA) is 37.3 Å². The number of aliphatic hydroxyl groups excluding tert-OH is 1. The summed E-state index contributed by atoms with van der Waals surface area (Å²) in [6, 6.07) is 0.